The number of hydroxylamine groups is 1. The van der Waals surface area contributed by atoms with Gasteiger partial charge in [0.25, 0.3) is 0 Å². The highest BCUT2D eigenvalue weighted by molar-refractivity contribution is 5.08. The lowest BCUT2D eigenvalue weighted by molar-refractivity contribution is 0.166. The summed E-state index contributed by atoms with van der Waals surface area (Å²) >= 11 is 0. The van der Waals surface area contributed by atoms with Crippen LogP contribution < -0.4 is 5.48 Å². The number of allylic oxidation sites excluding steroid dienone is 2. The van der Waals surface area contributed by atoms with Crippen LogP contribution in [0.3, 0.4) is 0 Å². The second-order valence-corrected chi connectivity index (χ2v) is 5.90. The molecule has 22 heavy (non-hydrogen) atoms. The Hall–Kier alpha value is -1.19. The van der Waals surface area contributed by atoms with E-state index < -0.39 is 0 Å². The number of unbranched alkanes of at least 4 members (excludes halogenated alkanes) is 8. The largest absolute Gasteiger partial charge is 0.317 e. The molecule has 1 aromatic heterocycles. The predicted molar refractivity (Wildman–Crippen MR) is 93.0 cm³/mol. The summed E-state index contributed by atoms with van der Waals surface area (Å²) in [6, 6.07) is 4.19. The van der Waals surface area contributed by atoms with Gasteiger partial charge in [0.2, 0.25) is 0 Å². The summed E-state index contributed by atoms with van der Waals surface area (Å²) in [4.78, 5) is 4.15. The topological polar surface area (TPSA) is 45.1 Å². The third kappa shape index (κ3) is 11.5. The molecule has 0 aromatic carbocycles. The van der Waals surface area contributed by atoms with Crippen molar-refractivity contribution in [1.82, 2.24) is 10.5 Å². The van der Waals surface area contributed by atoms with Gasteiger partial charge >= 0.3 is 0 Å². The first-order valence-corrected chi connectivity index (χ1v) is 8.84. The van der Waals surface area contributed by atoms with Crippen LogP contribution in [0.1, 0.15) is 69.8 Å². The van der Waals surface area contributed by atoms with Crippen LogP contribution in [0.25, 0.3) is 0 Å². The van der Waals surface area contributed by atoms with Crippen LogP contribution in [-0.2, 0) is 6.42 Å². The molecule has 3 heteroatoms. The molecule has 0 unspecified atom stereocenters. The van der Waals surface area contributed by atoms with Crippen molar-refractivity contribution < 1.29 is 5.21 Å². The van der Waals surface area contributed by atoms with Crippen molar-refractivity contribution >= 4 is 0 Å². The van der Waals surface area contributed by atoms with E-state index in [0.29, 0.717) is 6.54 Å². The molecule has 124 valence electrons. The second kappa shape index (κ2) is 14.7. The number of hydrogen-bond acceptors (Lipinski definition) is 3. The minimum absolute atomic E-state index is 0.686. The van der Waals surface area contributed by atoms with Gasteiger partial charge in [-0.05, 0) is 50.2 Å². The Balaban J connectivity index is 1.78. The highest BCUT2D eigenvalue weighted by Crippen LogP contribution is 2.11. The van der Waals surface area contributed by atoms with E-state index in [2.05, 4.69) is 28.7 Å². The maximum Gasteiger partial charge on any atom is 0.0299 e. The average Bonchev–Trinajstić information content (AvgIpc) is 2.56. The second-order valence-electron chi connectivity index (χ2n) is 5.90. The van der Waals surface area contributed by atoms with Gasteiger partial charge in [-0.15, -0.1) is 0 Å². The summed E-state index contributed by atoms with van der Waals surface area (Å²) < 4.78 is 0. The van der Waals surface area contributed by atoms with Crippen molar-refractivity contribution in [2.75, 3.05) is 6.54 Å². The van der Waals surface area contributed by atoms with Crippen LogP contribution in [0.4, 0.5) is 0 Å². The molecular weight excluding hydrogens is 272 g/mol. The molecule has 0 aliphatic carbocycles. The Morgan fingerprint density at radius 1 is 0.909 bits per heavy atom. The molecule has 0 aliphatic heterocycles. The lowest BCUT2D eigenvalue weighted by atomic mass is 10.0. The zero-order valence-corrected chi connectivity index (χ0v) is 13.8. The fraction of sp³-hybridized carbons (Fsp3) is 0.632. The maximum atomic E-state index is 8.42. The number of nitrogens with zero attached hydrogens (tertiary/aromatic N) is 1. The van der Waals surface area contributed by atoms with Crippen molar-refractivity contribution in [1.29, 1.82) is 0 Å². The van der Waals surface area contributed by atoms with Gasteiger partial charge < -0.3 is 5.21 Å². The fourth-order valence-electron chi connectivity index (χ4n) is 2.56. The van der Waals surface area contributed by atoms with Gasteiger partial charge in [-0.3, -0.25) is 4.98 Å². The number of nitrogens with one attached hydrogen (secondary N) is 1. The number of rotatable bonds is 14. The third-order valence-corrected chi connectivity index (χ3v) is 3.89. The molecule has 2 N–H and O–H groups in total. The van der Waals surface area contributed by atoms with Crippen LogP contribution in [0, 0.1) is 0 Å². The van der Waals surface area contributed by atoms with Gasteiger partial charge in [0.1, 0.15) is 0 Å². The molecule has 1 rings (SSSR count). The standard InChI is InChI=1S/C19H32N2O/c22-21-17-12-10-8-6-4-2-1-3-5-7-9-11-14-19-15-13-16-20-18-19/h6,8,13,15-16,18,21-22H,1-5,7,9-12,14,17H2/b8-6-. The number of aromatic nitrogens is 1. The van der Waals surface area contributed by atoms with Crippen molar-refractivity contribution in [3.8, 4) is 0 Å². The molecule has 0 fully saturated rings. The molecule has 0 atom stereocenters. The zero-order chi connectivity index (χ0) is 15.7. The maximum absolute atomic E-state index is 8.42. The molecule has 1 aromatic rings. The quantitative estimate of drug-likeness (QED) is 0.287. The molecule has 1 heterocycles. The summed E-state index contributed by atoms with van der Waals surface area (Å²) in [6.07, 6.45) is 22.2. The van der Waals surface area contributed by atoms with Crippen molar-refractivity contribution in [3.05, 3.63) is 42.2 Å². The van der Waals surface area contributed by atoms with Gasteiger partial charge in [-0.2, -0.15) is 0 Å². The summed E-state index contributed by atoms with van der Waals surface area (Å²) in [6.45, 7) is 0.686. The van der Waals surface area contributed by atoms with E-state index in [1.165, 1.54) is 63.4 Å². The number of aryl methyl sites for hydroxylation is 1. The smallest absolute Gasteiger partial charge is 0.0299 e. The van der Waals surface area contributed by atoms with E-state index in [9.17, 15) is 0 Å². The molecule has 0 radical (unpaired) electrons. The van der Waals surface area contributed by atoms with Gasteiger partial charge in [-0.25, -0.2) is 5.48 Å². The molecule has 0 spiro atoms. The van der Waals surface area contributed by atoms with Gasteiger partial charge in [-0.1, -0.05) is 50.3 Å². The summed E-state index contributed by atoms with van der Waals surface area (Å²) in [5.74, 6) is 0. The molecule has 0 saturated heterocycles. The fourth-order valence-corrected chi connectivity index (χ4v) is 2.56. The summed E-state index contributed by atoms with van der Waals surface area (Å²) in [5.41, 5.74) is 3.54. The third-order valence-electron chi connectivity index (χ3n) is 3.89. The van der Waals surface area contributed by atoms with Crippen molar-refractivity contribution in [2.24, 2.45) is 0 Å². The molecule has 0 bridgehead atoms. The molecule has 0 saturated carbocycles. The zero-order valence-electron chi connectivity index (χ0n) is 13.8. The Morgan fingerprint density at radius 3 is 2.27 bits per heavy atom. The molecule has 0 amide bonds. The minimum Gasteiger partial charge on any atom is -0.317 e. The molecule has 0 aliphatic rings. The monoisotopic (exact) mass is 304 g/mol. The number of hydrogen-bond donors (Lipinski definition) is 2. The molecule has 3 nitrogen and oxygen atoms in total. The van der Waals surface area contributed by atoms with Crippen molar-refractivity contribution in [2.45, 2.75) is 70.6 Å². The highest BCUT2D eigenvalue weighted by Gasteiger charge is 1.94. The van der Waals surface area contributed by atoms with Gasteiger partial charge in [0, 0.05) is 18.9 Å². The van der Waals surface area contributed by atoms with Crippen molar-refractivity contribution in [3.63, 3.8) is 0 Å². The Kier molecular flexibility index (Phi) is 12.6. The Bertz CT molecular complexity index is 365. The Morgan fingerprint density at radius 2 is 1.59 bits per heavy atom. The van der Waals surface area contributed by atoms with Gasteiger partial charge in [0.15, 0.2) is 0 Å². The highest BCUT2D eigenvalue weighted by atomic mass is 16.5. The predicted octanol–water partition coefficient (Wildman–Crippen LogP) is 5.06. The van der Waals surface area contributed by atoms with Crippen LogP contribution in [-0.4, -0.2) is 16.7 Å². The van der Waals surface area contributed by atoms with Gasteiger partial charge in [0.05, 0.1) is 0 Å². The normalized spacial score (nSPS) is 11.3. The Labute approximate surface area is 135 Å². The lowest BCUT2D eigenvalue weighted by Crippen LogP contribution is -2.07. The SMILES string of the molecule is ONCCC/C=C\CCCCCCCCCc1cccnc1. The minimum atomic E-state index is 0.686. The molecular formula is C19H32N2O. The first-order valence-electron chi connectivity index (χ1n) is 8.84. The van der Waals surface area contributed by atoms with E-state index in [-0.39, 0.29) is 0 Å². The van der Waals surface area contributed by atoms with Crippen LogP contribution in [0.5, 0.6) is 0 Å². The first-order chi connectivity index (χ1) is 10.9. The van der Waals surface area contributed by atoms with Crippen LogP contribution in [0.2, 0.25) is 0 Å². The summed E-state index contributed by atoms with van der Waals surface area (Å²) in [5, 5.41) is 8.42. The first kappa shape index (κ1) is 18.9. The number of pyridine rings is 1. The van der Waals surface area contributed by atoms with E-state index in [0.717, 1.165) is 12.8 Å². The van der Waals surface area contributed by atoms with Crippen LogP contribution >= 0.6 is 0 Å². The van der Waals surface area contributed by atoms with E-state index >= 15 is 0 Å². The van der Waals surface area contributed by atoms with E-state index in [1.807, 2.05) is 18.5 Å². The lowest BCUT2D eigenvalue weighted by Gasteiger charge is -2.02. The van der Waals surface area contributed by atoms with E-state index in [1.54, 1.807) is 0 Å². The van der Waals surface area contributed by atoms with Crippen LogP contribution in [0.15, 0.2) is 36.7 Å². The summed E-state index contributed by atoms with van der Waals surface area (Å²) in [7, 11) is 0. The average molecular weight is 304 g/mol. The van der Waals surface area contributed by atoms with E-state index in [4.69, 9.17) is 5.21 Å².